The van der Waals surface area contributed by atoms with Crippen LogP contribution in [0.15, 0.2) is 72.8 Å². The van der Waals surface area contributed by atoms with E-state index in [0.29, 0.717) is 29.9 Å². The predicted octanol–water partition coefficient (Wildman–Crippen LogP) is 3.49. The molecule has 0 aliphatic heterocycles. The molecule has 3 aromatic rings. The number of aromatic carboxylic acids is 1. The summed E-state index contributed by atoms with van der Waals surface area (Å²) in [6.45, 7) is 5.57. The number of nitrogen functional groups attached to an aromatic ring is 1. The van der Waals surface area contributed by atoms with E-state index in [4.69, 9.17) is 11.1 Å². The first kappa shape index (κ1) is 30.8. The topological polar surface area (TPSA) is 169 Å². The number of hydrogen-bond donors (Lipinski definition) is 6. The van der Waals surface area contributed by atoms with Gasteiger partial charge in [0.2, 0.25) is 5.91 Å². The fourth-order valence-electron chi connectivity index (χ4n) is 4.20. The number of amides is 2. The third kappa shape index (κ3) is 8.64. The molecule has 1 atom stereocenters. The average molecular weight is 560 g/mol. The summed E-state index contributed by atoms with van der Waals surface area (Å²) in [5, 5.41) is 32.9. The molecular formula is C31H37N5O5. The normalized spacial score (nSPS) is 11.8. The van der Waals surface area contributed by atoms with Gasteiger partial charge >= 0.3 is 5.97 Å². The van der Waals surface area contributed by atoms with Crippen LogP contribution in [0, 0.1) is 10.8 Å². The van der Waals surface area contributed by atoms with Crippen LogP contribution >= 0.6 is 0 Å². The number of nitrogens with zero attached hydrogens (tertiary/aromatic N) is 1. The first-order valence-electron chi connectivity index (χ1n) is 13.2. The summed E-state index contributed by atoms with van der Waals surface area (Å²) in [5.74, 6) is -2.20. The molecule has 2 amide bonds. The summed E-state index contributed by atoms with van der Waals surface area (Å²) in [6, 6.07) is 19.9. The minimum absolute atomic E-state index is 0.0846. The summed E-state index contributed by atoms with van der Waals surface area (Å²) >= 11 is 0. The second-order valence-corrected chi connectivity index (χ2v) is 10.8. The molecule has 41 heavy (non-hydrogen) atoms. The fraction of sp³-hybridized carbons (Fsp3) is 0.290. The van der Waals surface area contributed by atoms with Crippen molar-refractivity contribution >= 4 is 35.0 Å². The first-order valence-corrected chi connectivity index (χ1v) is 13.2. The van der Waals surface area contributed by atoms with E-state index in [1.165, 1.54) is 18.2 Å². The zero-order chi connectivity index (χ0) is 30.2. The van der Waals surface area contributed by atoms with Gasteiger partial charge in [0.1, 0.15) is 5.84 Å². The minimum Gasteiger partial charge on any atom is -0.478 e. The van der Waals surface area contributed by atoms with Crippen molar-refractivity contribution in [2.75, 3.05) is 29.9 Å². The zero-order valence-corrected chi connectivity index (χ0v) is 23.5. The van der Waals surface area contributed by atoms with Gasteiger partial charge in [-0.2, -0.15) is 0 Å². The monoisotopic (exact) mass is 559 g/mol. The molecule has 10 nitrogen and oxygen atoms in total. The Kier molecular flexibility index (Phi) is 10.2. The van der Waals surface area contributed by atoms with Gasteiger partial charge in [-0.15, -0.1) is 0 Å². The van der Waals surface area contributed by atoms with Crippen LogP contribution in [0.2, 0.25) is 0 Å². The Labute approximate surface area is 239 Å². The zero-order valence-electron chi connectivity index (χ0n) is 23.5. The molecule has 0 spiro atoms. The molecule has 0 radical (unpaired) electrons. The highest BCUT2D eigenvalue weighted by Gasteiger charge is 2.27. The van der Waals surface area contributed by atoms with Gasteiger partial charge in [-0.3, -0.25) is 15.0 Å². The molecular weight excluding hydrogens is 522 g/mol. The molecule has 10 heteroatoms. The number of benzene rings is 3. The van der Waals surface area contributed by atoms with Crippen LogP contribution in [0.3, 0.4) is 0 Å². The lowest BCUT2D eigenvalue weighted by atomic mass is 9.87. The molecule has 7 N–H and O–H groups in total. The van der Waals surface area contributed by atoms with Crippen molar-refractivity contribution in [3.63, 3.8) is 0 Å². The molecule has 0 saturated heterocycles. The number of carbonyl (C=O) groups excluding carboxylic acids is 2. The SMILES string of the molecule is CC(C)(C)[C@@H](CO)NC(=O)c1ccc(N(CCc2ccccc2)CC(=O)Nc2ccc(C(=N)N)cc2)c(C(=O)O)c1. The van der Waals surface area contributed by atoms with Gasteiger partial charge in [-0.25, -0.2) is 4.79 Å². The number of rotatable bonds is 12. The third-order valence-corrected chi connectivity index (χ3v) is 6.69. The molecule has 0 unspecified atom stereocenters. The maximum atomic E-state index is 13.1. The summed E-state index contributed by atoms with van der Waals surface area (Å²) in [7, 11) is 0. The number of amidine groups is 1. The Morgan fingerprint density at radius 2 is 1.61 bits per heavy atom. The smallest absolute Gasteiger partial charge is 0.337 e. The van der Waals surface area contributed by atoms with Crippen molar-refractivity contribution < 1.29 is 24.6 Å². The van der Waals surface area contributed by atoms with Crippen LogP contribution in [0.1, 0.15) is 52.6 Å². The van der Waals surface area contributed by atoms with E-state index in [1.54, 1.807) is 29.2 Å². The molecule has 0 fully saturated rings. The summed E-state index contributed by atoms with van der Waals surface area (Å²) in [4.78, 5) is 40.1. The summed E-state index contributed by atoms with van der Waals surface area (Å²) < 4.78 is 0. The number of carbonyl (C=O) groups is 3. The highest BCUT2D eigenvalue weighted by atomic mass is 16.4. The van der Waals surface area contributed by atoms with Gasteiger partial charge in [-0.05, 0) is 59.9 Å². The number of nitrogens with two attached hydrogens (primary N) is 1. The Bertz CT molecular complexity index is 1380. The number of carboxylic acid groups (broad SMARTS) is 1. The molecule has 0 aromatic heterocycles. The predicted molar refractivity (Wildman–Crippen MR) is 160 cm³/mol. The van der Waals surface area contributed by atoms with Crippen LogP contribution in [0.25, 0.3) is 0 Å². The lowest BCUT2D eigenvalue weighted by Crippen LogP contribution is -2.46. The van der Waals surface area contributed by atoms with E-state index in [2.05, 4.69) is 10.6 Å². The van der Waals surface area contributed by atoms with Gasteiger partial charge < -0.3 is 31.5 Å². The third-order valence-electron chi connectivity index (χ3n) is 6.69. The van der Waals surface area contributed by atoms with E-state index >= 15 is 0 Å². The van der Waals surface area contributed by atoms with Crippen molar-refractivity contribution in [3.05, 3.63) is 95.1 Å². The van der Waals surface area contributed by atoms with Gasteiger partial charge in [0.05, 0.1) is 30.4 Å². The summed E-state index contributed by atoms with van der Waals surface area (Å²) in [6.07, 6.45) is 0.548. The second-order valence-electron chi connectivity index (χ2n) is 10.8. The van der Waals surface area contributed by atoms with E-state index < -0.39 is 23.3 Å². The van der Waals surface area contributed by atoms with Crippen LogP contribution in [-0.2, 0) is 11.2 Å². The molecule has 216 valence electrons. The van der Waals surface area contributed by atoms with E-state index in [1.807, 2.05) is 51.1 Å². The van der Waals surface area contributed by atoms with Crippen LogP contribution in [-0.4, -0.2) is 59.6 Å². The molecule has 0 heterocycles. The molecule has 0 aliphatic rings. The van der Waals surface area contributed by atoms with Crippen molar-refractivity contribution in [2.24, 2.45) is 11.1 Å². The molecule has 0 saturated carbocycles. The maximum absolute atomic E-state index is 13.1. The first-order chi connectivity index (χ1) is 19.4. The number of anilines is 2. The summed E-state index contributed by atoms with van der Waals surface area (Å²) in [5.41, 5.74) is 7.44. The van der Waals surface area contributed by atoms with Crippen LogP contribution in [0.4, 0.5) is 11.4 Å². The van der Waals surface area contributed by atoms with Crippen molar-refractivity contribution in [2.45, 2.75) is 33.2 Å². The fourth-order valence-corrected chi connectivity index (χ4v) is 4.20. The van der Waals surface area contributed by atoms with Crippen LogP contribution < -0.4 is 21.3 Å². The number of aliphatic hydroxyl groups is 1. The molecule has 3 rings (SSSR count). The Balaban J connectivity index is 1.89. The Morgan fingerprint density at radius 3 is 2.17 bits per heavy atom. The molecule has 0 aliphatic carbocycles. The van der Waals surface area contributed by atoms with Gasteiger partial charge in [-0.1, -0.05) is 51.1 Å². The number of carboxylic acids is 1. The number of aliphatic hydroxyl groups excluding tert-OH is 1. The quantitative estimate of drug-likeness (QED) is 0.146. The highest BCUT2D eigenvalue weighted by Crippen LogP contribution is 2.25. The van der Waals surface area contributed by atoms with Crippen LogP contribution in [0.5, 0.6) is 0 Å². The number of nitrogens with one attached hydrogen (secondary N) is 3. The highest BCUT2D eigenvalue weighted by molar-refractivity contribution is 6.02. The molecule has 3 aromatic carbocycles. The van der Waals surface area contributed by atoms with Gasteiger partial charge in [0.25, 0.3) is 5.91 Å². The van der Waals surface area contributed by atoms with Gasteiger partial charge in [0.15, 0.2) is 0 Å². The van der Waals surface area contributed by atoms with E-state index in [9.17, 15) is 24.6 Å². The van der Waals surface area contributed by atoms with E-state index in [0.717, 1.165) is 5.56 Å². The lowest BCUT2D eigenvalue weighted by Gasteiger charge is -2.30. The Hall–Kier alpha value is -4.70. The van der Waals surface area contributed by atoms with Crippen molar-refractivity contribution in [3.8, 4) is 0 Å². The number of hydrogen-bond acceptors (Lipinski definition) is 6. The standard InChI is InChI=1S/C31H37N5O5/c1-31(2,3)26(19-37)35-29(39)22-11-14-25(24(17-22)30(40)41)36(16-15-20-7-5-4-6-8-20)18-27(38)34-23-12-9-21(10-13-23)28(32)33/h4-14,17,26,37H,15-16,18-19H2,1-3H3,(H3,32,33)(H,34,38)(H,35,39)(H,40,41)/t26-/m1/s1. The minimum atomic E-state index is -1.24. The second kappa shape index (κ2) is 13.6. The lowest BCUT2D eigenvalue weighted by molar-refractivity contribution is -0.115. The van der Waals surface area contributed by atoms with E-state index in [-0.39, 0.29) is 36.0 Å². The average Bonchev–Trinajstić information content (AvgIpc) is 2.93. The van der Waals surface area contributed by atoms with Crippen molar-refractivity contribution in [1.82, 2.24) is 5.32 Å². The maximum Gasteiger partial charge on any atom is 0.337 e. The molecule has 0 bridgehead atoms. The van der Waals surface area contributed by atoms with Crippen molar-refractivity contribution in [1.29, 1.82) is 5.41 Å². The largest absolute Gasteiger partial charge is 0.478 e. The van der Waals surface area contributed by atoms with Gasteiger partial charge in [0, 0.05) is 23.4 Å². The Morgan fingerprint density at radius 1 is 0.976 bits per heavy atom.